The number of likely N-dealkylation sites (tertiary alicyclic amines) is 1. The third-order valence-corrected chi connectivity index (χ3v) is 4.33. The van der Waals surface area contributed by atoms with Crippen LogP contribution in [0.2, 0.25) is 0 Å². The maximum Gasteiger partial charge on any atom is 0.0195 e. The van der Waals surface area contributed by atoms with Crippen molar-refractivity contribution in [3.8, 4) is 0 Å². The van der Waals surface area contributed by atoms with Crippen LogP contribution in [-0.2, 0) is 0 Å². The van der Waals surface area contributed by atoms with Gasteiger partial charge in [-0.1, -0.05) is 32.6 Å². The summed E-state index contributed by atoms with van der Waals surface area (Å²) < 4.78 is 0. The minimum Gasteiger partial charge on any atom is -0.313 e. The van der Waals surface area contributed by atoms with E-state index >= 15 is 0 Å². The number of rotatable bonds is 5. The molecule has 1 N–H and O–H groups in total. The lowest BCUT2D eigenvalue weighted by molar-refractivity contribution is 0.181. The molecule has 94 valence electrons. The summed E-state index contributed by atoms with van der Waals surface area (Å²) in [5.41, 5.74) is 0. The van der Waals surface area contributed by atoms with Gasteiger partial charge >= 0.3 is 0 Å². The van der Waals surface area contributed by atoms with E-state index in [1.165, 1.54) is 64.6 Å². The van der Waals surface area contributed by atoms with Crippen molar-refractivity contribution in [2.75, 3.05) is 26.2 Å². The molecular formula is C14H28N2. The predicted octanol–water partition coefficient (Wildman–Crippen LogP) is 2.64. The first kappa shape index (κ1) is 12.4. The Morgan fingerprint density at radius 1 is 1.12 bits per heavy atom. The Balaban J connectivity index is 1.64. The van der Waals surface area contributed by atoms with Crippen molar-refractivity contribution in [1.29, 1.82) is 0 Å². The molecule has 0 amide bonds. The van der Waals surface area contributed by atoms with Gasteiger partial charge in [0.15, 0.2) is 0 Å². The van der Waals surface area contributed by atoms with Gasteiger partial charge in [0.1, 0.15) is 0 Å². The van der Waals surface area contributed by atoms with Crippen LogP contribution >= 0.6 is 0 Å². The third-order valence-electron chi connectivity index (χ3n) is 4.33. The summed E-state index contributed by atoms with van der Waals surface area (Å²) in [4.78, 5) is 2.69. The Hall–Kier alpha value is -0.0800. The fraction of sp³-hybridized carbons (Fsp3) is 1.00. The van der Waals surface area contributed by atoms with Gasteiger partial charge in [0.2, 0.25) is 0 Å². The highest BCUT2D eigenvalue weighted by atomic mass is 15.2. The lowest BCUT2D eigenvalue weighted by Gasteiger charge is -2.33. The van der Waals surface area contributed by atoms with Crippen molar-refractivity contribution in [3.05, 3.63) is 0 Å². The number of hydrogen-bond acceptors (Lipinski definition) is 2. The molecule has 2 aliphatic rings. The number of piperidine rings is 1. The SMILES string of the molecule is CCNC1CCCN(CCC2CCCC2)C1. The van der Waals surface area contributed by atoms with Crippen molar-refractivity contribution in [3.63, 3.8) is 0 Å². The molecule has 2 fully saturated rings. The standard InChI is InChI=1S/C14H28N2/c1-2-15-14-8-5-10-16(12-14)11-9-13-6-3-4-7-13/h13-15H,2-12H2,1H3. The summed E-state index contributed by atoms with van der Waals surface area (Å²) in [7, 11) is 0. The Morgan fingerprint density at radius 3 is 2.69 bits per heavy atom. The average molecular weight is 224 g/mol. The summed E-state index contributed by atoms with van der Waals surface area (Å²) >= 11 is 0. The maximum absolute atomic E-state index is 3.60. The largest absolute Gasteiger partial charge is 0.313 e. The highest BCUT2D eigenvalue weighted by Gasteiger charge is 2.21. The van der Waals surface area contributed by atoms with Crippen molar-refractivity contribution in [1.82, 2.24) is 10.2 Å². The van der Waals surface area contributed by atoms with Crippen LogP contribution in [-0.4, -0.2) is 37.1 Å². The molecular weight excluding hydrogens is 196 g/mol. The van der Waals surface area contributed by atoms with Crippen molar-refractivity contribution >= 4 is 0 Å². The average Bonchev–Trinajstić information content (AvgIpc) is 2.80. The molecule has 0 spiro atoms. The molecule has 1 saturated carbocycles. The molecule has 1 aliphatic heterocycles. The number of hydrogen-bond donors (Lipinski definition) is 1. The molecule has 0 aromatic rings. The molecule has 16 heavy (non-hydrogen) atoms. The summed E-state index contributed by atoms with van der Waals surface area (Å²) in [5, 5.41) is 3.60. The van der Waals surface area contributed by atoms with Crippen LogP contribution in [0.5, 0.6) is 0 Å². The monoisotopic (exact) mass is 224 g/mol. The van der Waals surface area contributed by atoms with Crippen LogP contribution in [0.3, 0.4) is 0 Å². The first-order valence-corrected chi connectivity index (χ1v) is 7.34. The summed E-state index contributed by atoms with van der Waals surface area (Å²) in [6, 6.07) is 0.766. The van der Waals surface area contributed by atoms with Crippen LogP contribution in [0.25, 0.3) is 0 Å². The van der Waals surface area contributed by atoms with Gasteiger partial charge in [0.25, 0.3) is 0 Å². The van der Waals surface area contributed by atoms with Gasteiger partial charge in [0, 0.05) is 12.6 Å². The molecule has 2 heteroatoms. The zero-order chi connectivity index (χ0) is 11.2. The lowest BCUT2D eigenvalue weighted by Crippen LogP contribution is -2.46. The van der Waals surface area contributed by atoms with Gasteiger partial charge in [-0.25, -0.2) is 0 Å². The summed E-state index contributed by atoms with van der Waals surface area (Å²) in [5.74, 6) is 1.06. The van der Waals surface area contributed by atoms with Crippen molar-refractivity contribution < 1.29 is 0 Å². The minimum absolute atomic E-state index is 0.766. The van der Waals surface area contributed by atoms with Gasteiger partial charge in [0.05, 0.1) is 0 Å². The van der Waals surface area contributed by atoms with Gasteiger partial charge in [-0.3, -0.25) is 0 Å². The Kier molecular flexibility index (Phi) is 5.11. The normalized spacial score (nSPS) is 28.7. The molecule has 1 saturated heterocycles. The van der Waals surface area contributed by atoms with Crippen LogP contribution < -0.4 is 5.32 Å². The van der Waals surface area contributed by atoms with E-state index in [1.807, 2.05) is 0 Å². The van der Waals surface area contributed by atoms with E-state index in [4.69, 9.17) is 0 Å². The zero-order valence-corrected chi connectivity index (χ0v) is 10.9. The topological polar surface area (TPSA) is 15.3 Å². The van der Waals surface area contributed by atoms with E-state index in [9.17, 15) is 0 Å². The first-order chi connectivity index (χ1) is 7.88. The molecule has 2 nitrogen and oxygen atoms in total. The predicted molar refractivity (Wildman–Crippen MR) is 69.7 cm³/mol. The van der Waals surface area contributed by atoms with E-state index < -0.39 is 0 Å². The smallest absolute Gasteiger partial charge is 0.0195 e. The van der Waals surface area contributed by atoms with Crippen molar-refractivity contribution in [2.24, 2.45) is 5.92 Å². The van der Waals surface area contributed by atoms with Crippen molar-refractivity contribution in [2.45, 2.75) is 57.9 Å². The summed E-state index contributed by atoms with van der Waals surface area (Å²) in [6.45, 7) is 7.33. The van der Waals surface area contributed by atoms with Gasteiger partial charge in [-0.2, -0.15) is 0 Å². The maximum atomic E-state index is 3.60. The second-order valence-corrected chi connectivity index (χ2v) is 5.64. The Labute approximate surface area is 101 Å². The van der Waals surface area contributed by atoms with Crippen LogP contribution in [0.4, 0.5) is 0 Å². The van der Waals surface area contributed by atoms with Crippen LogP contribution in [0.15, 0.2) is 0 Å². The van der Waals surface area contributed by atoms with Crippen LogP contribution in [0, 0.1) is 5.92 Å². The number of nitrogens with zero attached hydrogens (tertiary/aromatic N) is 1. The van der Waals surface area contributed by atoms with Crippen LogP contribution in [0.1, 0.15) is 51.9 Å². The molecule has 1 aliphatic carbocycles. The quantitative estimate of drug-likeness (QED) is 0.772. The highest BCUT2D eigenvalue weighted by molar-refractivity contribution is 4.78. The second-order valence-electron chi connectivity index (χ2n) is 5.64. The Morgan fingerprint density at radius 2 is 1.94 bits per heavy atom. The van der Waals surface area contributed by atoms with E-state index in [0.717, 1.165) is 18.5 Å². The van der Waals surface area contributed by atoms with E-state index in [0.29, 0.717) is 0 Å². The fourth-order valence-corrected chi connectivity index (χ4v) is 3.38. The number of nitrogens with one attached hydrogen (secondary N) is 1. The van der Waals surface area contributed by atoms with E-state index in [-0.39, 0.29) is 0 Å². The third kappa shape index (κ3) is 3.74. The molecule has 1 unspecified atom stereocenters. The van der Waals surface area contributed by atoms with Gasteiger partial charge < -0.3 is 10.2 Å². The van der Waals surface area contributed by atoms with Gasteiger partial charge in [-0.15, -0.1) is 0 Å². The second kappa shape index (κ2) is 6.61. The molecule has 0 aromatic carbocycles. The molecule has 0 aromatic heterocycles. The minimum atomic E-state index is 0.766. The molecule has 1 heterocycles. The van der Waals surface area contributed by atoms with E-state index in [2.05, 4.69) is 17.1 Å². The molecule has 2 rings (SSSR count). The number of likely N-dealkylation sites (N-methyl/N-ethyl adjacent to an activating group) is 1. The Bertz CT molecular complexity index is 185. The molecule has 0 bridgehead atoms. The highest BCUT2D eigenvalue weighted by Crippen LogP contribution is 2.27. The first-order valence-electron chi connectivity index (χ1n) is 7.34. The lowest BCUT2D eigenvalue weighted by atomic mass is 10.0. The zero-order valence-electron chi connectivity index (χ0n) is 10.9. The van der Waals surface area contributed by atoms with Gasteiger partial charge in [-0.05, 0) is 44.8 Å². The van der Waals surface area contributed by atoms with E-state index in [1.54, 1.807) is 0 Å². The fourth-order valence-electron chi connectivity index (χ4n) is 3.38. The molecule has 1 atom stereocenters. The molecule has 0 radical (unpaired) electrons. The summed E-state index contributed by atoms with van der Waals surface area (Å²) in [6.07, 6.45) is 10.2.